The molecule has 3 saturated carbocycles. The third kappa shape index (κ3) is 8.39. The SMILES string of the molecule is CC(C)(C)[Si](C)(C)OC[C@H]1C[C@@H](O[Si](C)(C)C(C)(C)C)CC[C@]1(C)[C@H]1CC[C@@]2(C)[C@@H](CC[C@]2(C)O)[C@@H]1CO[Si](c1ccccc1)(c1ccccc1)C(C)(C)C. The third-order valence-corrected chi connectivity index (χ3v) is 31.0. The average Bonchev–Trinajstić information content (AvgIpc) is 3.32. The lowest BCUT2D eigenvalue weighted by Gasteiger charge is -2.59. The summed E-state index contributed by atoms with van der Waals surface area (Å²) in [7, 11) is -6.71. The smallest absolute Gasteiger partial charge is 0.261 e. The van der Waals surface area contributed by atoms with E-state index in [4.69, 9.17) is 13.3 Å². The highest BCUT2D eigenvalue weighted by molar-refractivity contribution is 6.99. The summed E-state index contributed by atoms with van der Waals surface area (Å²) >= 11 is 0. The lowest BCUT2D eigenvalue weighted by atomic mass is 9.48. The van der Waals surface area contributed by atoms with Gasteiger partial charge in [0.1, 0.15) is 0 Å². The molecular weight excluding hydrogens is 725 g/mol. The van der Waals surface area contributed by atoms with Gasteiger partial charge in [-0.2, -0.15) is 0 Å². The van der Waals surface area contributed by atoms with Crippen LogP contribution in [0.3, 0.4) is 0 Å². The fraction of sp³-hybridized carbons (Fsp3) is 0.750. The summed E-state index contributed by atoms with van der Waals surface area (Å²) in [5.74, 6) is 1.61. The van der Waals surface area contributed by atoms with Gasteiger partial charge >= 0.3 is 0 Å². The minimum atomic E-state index is -2.77. The van der Waals surface area contributed by atoms with Gasteiger partial charge in [-0.1, -0.05) is 137 Å². The number of hydrogen-bond donors (Lipinski definition) is 1. The Morgan fingerprint density at radius 3 is 1.62 bits per heavy atom. The molecule has 5 rings (SSSR count). The van der Waals surface area contributed by atoms with Gasteiger partial charge in [0, 0.05) is 19.3 Å². The molecule has 3 fully saturated rings. The first-order valence-corrected chi connectivity index (χ1v) is 29.6. The van der Waals surface area contributed by atoms with Crippen molar-refractivity contribution in [2.24, 2.45) is 34.5 Å². The summed E-state index contributed by atoms with van der Waals surface area (Å²) in [5, 5.41) is 15.0. The number of fused-ring (bicyclic) bond motifs is 1. The Bertz CT molecular complexity index is 1530. The molecule has 0 spiro atoms. The first-order valence-electron chi connectivity index (χ1n) is 21.9. The lowest BCUT2D eigenvalue weighted by Crippen LogP contribution is -2.67. The van der Waals surface area contributed by atoms with Crippen LogP contribution in [0.15, 0.2) is 60.7 Å². The fourth-order valence-corrected chi connectivity index (χ4v) is 18.0. The summed E-state index contributed by atoms with van der Waals surface area (Å²) in [5.41, 5.74) is -0.723. The van der Waals surface area contributed by atoms with E-state index in [1.165, 1.54) is 10.4 Å². The molecule has 8 atom stereocenters. The van der Waals surface area contributed by atoms with E-state index >= 15 is 0 Å². The molecule has 1 N–H and O–H groups in total. The molecule has 310 valence electrons. The molecule has 3 aliphatic rings. The molecule has 0 aliphatic heterocycles. The van der Waals surface area contributed by atoms with Crippen LogP contribution in [0.2, 0.25) is 41.3 Å². The maximum absolute atomic E-state index is 12.1. The maximum Gasteiger partial charge on any atom is 0.261 e. The summed E-state index contributed by atoms with van der Waals surface area (Å²) in [6.07, 6.45) is 7.72. The highest BCUT2D eigenvalue weighted by atomic mass is 28.4. The summed E-state index contributed by atoms with van der Waals surface area (Å²) in [6, 6.07) is 22.4. The van der Waals surface area contributed by atoms with Crippen molar-refractivity contribution >= 4 is 35.3 Å². The van der Waals surface area contributed by atoms with Gasteiger partial charge in [0.2, 0.25) is 0 Å². The number of aliphatic hydroxyl groups is 1. The van der Waals surface area contributed by atoms with Crippen LogP contribution < -0.4 is 10.4 Å². The fourth-order valence-electron chi connectivity index (χ4n) is 10.9. The largest absolute Gasteiger partial charge is 0.417 e. The molecule has 55 heavy (non-hydrogen) atoms. The van der Waals surface area contributed by atoms with Crippen LogP contribution in [0, 0.1) is 34.5 Å². The Balaban J connectivity index is 1.59. The van der Waals surface area contributed by atoms with Gasteiger partial charge in [-0.3, -0.25) is 0 Å². The van der Waals surface area contributed by atoms with Crippen LogP contribution in [0.25, 0.3) is 0 Å². The first-order chi connectivity index (χ1) is 25.1. The molecule has 0 amide bonds. The van der Waals surface area contributed by atoms with Crippen LogP contribution >= 0.6 is 0 Å². The minimum absolute atomic E-state index is 0.0743. The van der Waals surface area contributed by atoms with Crippen molar-refractivity contribution in [3.63, 3.8) is 0 Å². The molecule has 0 saturated heterocycles. The number of benzene rings is 2. The standard InChI is InChI=1S/C48H82O4Si3/c1-43(2,3)53(13,14)50-34-36-33-37(52-54(15,16)44(4,5)6)27-30-46(36,10)41-28-31-47(11)42(29-32-48(47,12)49)40(41)35-51-55(45(7,8)9,38-23-19-17-20-24-38)39-25-21-18-22-26-39/h17-26,36-37,40-42,49H,27-35H2,1-16H3/t36-,37+,40-,41+,42+,46+,47+,48+/m1/s1. The van der Waals surface area contributed by atoms with Gasteiger partial charge in [-0.05, 0) is 138 Å². The minimum Gasteiger partial charge on any atom is -0.417 e. The highest BCUT2D eigenvalue weighted by Crippen LogP contribution is 2.65. The van der Waals surface area contributed by atoms with Gasteiger partial charge in [0.15, 0.2) is 16.6 Å². The molecule has 0 bridgehead atoms. The molecule has 0 radical (unpaired) electrons. The highest BCUT2D eigenvalue weighted by Gasteiger charge is 2.63. The van der Waals surface area contributed by atoms with Gasteiger partial charge in [0.25, 0.3) is 8.32 Å². The van der Waals surface area contributed by atoms with Crippen LogP contribution in [0.1, 0.15) is 128 Å². The molecule has 4 nitrogen and oxygen atoms in total. The van der Waals surface area contributed by atoms with E-state index in [0.717, 1.165) is 58.2 Å². The van der Waals surface area contributed by atoms with Crippen molar-refractivity contribution in [1.82, 2.24) is 0 Å². The second kappa shape index (κ2) is 15.5. The van der Waals surface area contributed by atoms with Crippen LogP contribution in [0.5, 0.6) is 0 Å². The van der Waals surface area contributed by atoms with E-state index in [0.29, 0.717) is 23.7 Å². The van der Waals surface area contributed by atoms with E-state index in [1.807, 2.05) is 0 Å². The monoisotopic (exact) mass is 807 g/mol. The summed E-state index contributed by atoms with van der Waals surface area (Å²) in [6.45, 7) is 39.9. The Morgan fingerprint density at radius 1 is 0.618 bits per heavy atom. The molecule has 0 aromatic heterocycles. The Labute approximate surface area is 341 Å². The van der Waals surface area contributed by atoms with Crippen LogP contribution in [-0.2, 0) is 13.3 Å². The van der Waals surface area contributed by atoms with Crippen molar-refractivity contribution in [2.75, 3.05) is 13.2 Å². The van der Waals surface area contributed by atoms with Crippen molar-refractivity contribution in [1.29, 1.82) is 0 Å². The maximum atomic E-state index is 12.1. The average molecular weight is 807 g/mol. The number of hydrogen-bond acceptors (Lipinski definition) is 4. The third-order valence-electron chi connectivity index (χ3n) is 17.0. The summed E-state index contributed by atoms with van der Waals surface area (Å²) < 4.78 is 22.4. The lowest BCUT2D eigenvalue weighted by molar-refractivity contribution is -0.142. The first kappa shape index (κ1) is 45.0. The quantitative estimate of drug-likeness (QED) is 0.230. The molecular formula is C48H82O4Si3. The normalized spacial score (nSPS) is 32.7. The van der Waals surface area contributed by atoms with Crippen molar-refractivity contribution < 1.29 is 18.4 Å². The zero-order chi connectivity index (χ0) is 41.1. The predicted molar refractivity (Wildman–Crippen MR) is 242 cm³/mol. The molecule has 0 unspecified atom stereocenters. The second-order valence-corrected chi connectivity index (χ2v) is 37.0. The second-order valence-electron chi connectivity index (χ2n) is 23.2. The molecule has 3 aliphatic carbocycles. The Hall–Kier alpha value is -1.07. The van der Waals surface area contributed by atoms with Gasteiger partial charge in [-0.25, -0.2) is 0 Å². The van der Waals surface area contributed by atoms with Gasteiger partial charge in [-0.15, -0.1) is 0 Å². The number of rotatable bonds is 11. The van der Waals surface area contributed by atoms with Crippen LogP contribution in [0.4, 0.5) is 0 Å². The van der Waals surface area contributed by atoms with Crippen LogP contribution in [-0.4, -0.2) is 55.0 Å². The Kier molecular flexibility index (Phi) is 12.7. The topological polar surface area (TPSA) is 47.9 Å². The van der Waals surface area contributed by atoms with E-state index in [-0.39, 0.29) is 32.0 Å². The van der Waals surface area contributed by atoms with Gasteiger partial charge in [0.05, 0.1) is 5.60 Å². The zero-order valence-electron chi connectivity index (χ0n) is 38.2. The Morgan fingerprint density at radius 2 is 1.13 bits per heavy atom. The van der Waals surface area contributed by atoms with E-state index in [2.05, 4.69) is 170 Å². The zero-order valence-corrected chi connectivity index (χ0v) is 41.2. The molecule has 0 heterocycles. The van der Waals surface area contributed by atoms with E-state index in [9.17, 15) is 5.11 Å². The predicted octanol–water partition coefficient (Wildman–Crippen LogP) is 12.0. The molecule has 2 aromatic carbocycles. The summed E-state index contributed by atoms with van der Waals surface area (Å²) in [4.78, 5) is 0. The van der Waals surface area contributed by atoms with E-state index < -0.39 is 30.6 Å². The van der Waals surface area contributed by atoms with Crippen molar-refractivity contribution in [3.05, 3.63) is 60.7 Å². The van der Waals surface area contributed by atoms with Gasteiger partial charge < -0.3 is 18.4 Å². The molecule has 2 aromatic rings. The molecule has 7 heteroatoms. The van der Waals surface area contributed by atoms with Crippen molar-refractivity contribution in [2.45, 2.75) is 181 Å². The van der Waals surface area contributed by atoms with Crippen molar-refractivity contribution in [3.8, 4) is 0 Å². The van der Waals surface area contributed by atoms with E-state index in [1.54, 1.807) is 0 Å².